The first kappa shape index (κ1) is 42.3. The smallest absolute Gasteiger partial charge is 0.0714 e. The van der Waals surface area contributed by atoms with Crippen molar-refractivity contribution in [2.45, 2.75) is 24.7 Å². The van der Waals surface area contributed by atoms with Gasteiger partial charge in [-0.3, -0.25) is 0 Å². The summed E-state index contributed by atoms with van der Waals surface area (Å²) in [4.78, 5) is 2.53. The molecule has 340 valence electrons. The number of fused-ring (bicyclic) bond motifs is 9. The second-order valence-electron chi connectivity index (χ2n) is 19.9. The molecule has 0 unspecified atom stereocenters. The molecule has 1 nitrogen and oxygen atoms in total. The zero-order valence-electron chi connectivity index (χ0n) is 40.2. The summed E-state index contributed by atoms with van der Waals surface area (Å²) in [5, 5.41) is 2.52. The first-order valence-corrected chi connectivity index (χ1v) is 25.9. The van der Waals surface area contributed by atoms with Crippen LogP contribution in [0.25, 0.3) is 75.8 Å². The fourth-order valence-corrected chi connectivity index (χ4v) is 13.7. The third kappa shape index (κ3) is 6.32. The van der Waals surface area contributed by atoms with E-state index in [0.29, 0.717) is 0 Å². The lowest BCUT2D eigenvalue weighted by Crippen LogP contribution is -2.28. The van der Waals surface area contributed by atoms with Crippen molar-refractivity contribution in [2.75, 3.05) is 4.90 Å². The van der Waals surface area contributed by atoms with Gasteiger partial charge in [0.1, 0.15) is 0 Å². The van der Waals surface area contributed by atoms with Gasteiger partial charge in [0.15, 0.2) is 0 Å². The fourth-order valence-electron chi connectivity index (χ4n) is 12.6. The molecule has 14 rings (SSSR count). The summed E-state index contributed by atoms with van der Waals surface area (Å²) in [6, 6.07) is 97.4. The lowest BCUT2D eigenvalue weighted by molar-refractivity contribution is 0.662. The maximum atomic E-state index is 2.53. The van der Waals surface area contributed by atoms with Gasteiger partial charge in [-0.1, -0.05) is 226 Å². The third-order valence-corrected chi connectivity index (χ3v) is 16.9. The molecular weight excluding hydrogens is 887 g/mol. The van der Waals surface area contributed by atoms with Crippen LogP contribution in [0.1, 0.15) is 47.2 Å². The van der Waals surface area contributed by atoms with Crippen LogP contribution in [0.4, 0.5) is 17.1 Å². The van der Waals surface area contributed by atoms with Crippen LogP contribution in [0, 0.1) is 0 Å². The molecular formula is C70H49NS. The molecule has 1 aromatic heterocycles. The summed E-state index contributed by atoms with van der Waals surface area (Å²) in [5.41, 5.74) is 23.1. The van der Waals surface area contributed by atoms with Crippen LogP contribution in [0.5, 0.6) is 0 Å². The van der Waals surface area contributed by atoms with Gasteiger partial charge in [0.05, 0.1) is 11.1 Å². The van der Waals surface area contributed by atoms with E-state index >= 15 is 0 Å². The number of nitrogens with zero attached hydrogens (tertiary/aromatic N) is 1. The van der Waals surface area contributed by atoms with E-state index in [-0.39, 0.29) is 5.41 Å². The fraction of sp³-hybridized carbons (Fsp3) is 0.0571. The van der Waals surface area contributed by atoms with E-state index in [1.807, 2.05) is 11.3 Å². The lowest BCUT2D eigenvalue weighted by Gasteiger charge is -2.35. The van der Waals surface area contributed by atoms with Crippen LogP contribution >= 0.6 is 11.3 Å². The number of hydrogen-bond acceptors (Lipinski definition) is 2. The van der Waals surface area contributed by atoms with Crippen molar-refractivity contribution in [1.29, 1.82) is 0 Å². The van der Waals surface area contributed by atoms with Crippen LogP contribution in [-0.4, -0.2) is 0 Å². The molecule has 0 bridgehead atoms. The molecule has 0 atom stereocenters. The van der Waals surface area contributed by atoms with Crippen molar-refractivity contribution in [1.82, 2.24) is 0 Å². The second-order valence-corrected chi connectivity index (χ2v) is 21.0. The minimum Gasteiger partial charge on any atom is -0.310 e. The highest BCUT2D eigenvalue weighted by molar-refractivity contribution is 7.26. The molecule has 0 aliphatic heterocycles. The summed E-state index contributed by atoms with van der Waals surface area (Å²) in [7, 11) is 0. The molecule has 2 heteroatoms. The Balaban J connectivity index is 1.03. The molecule has 2 aliphatic rings. The molecule has 0 saturated heterocycles. The number of benzene rings is 11. The molecule has 0 radical (unpaired) electrons. The van der Waals surface area contributed by atoms with Crippen molar-refractivity contribution in [3.8, 4) is 55.6 Å². The Bertz CT molecular complexity index is 4000. The number of rotatable bonds is 8. The molecule has 12 aromatic rings. The Morgan fingerprint density at radius 2 is 0.903 bits per heavy atom. The topological polar surface area (TPSA) is 3.24 Å². The molecule has 0 saturated carbocycles. The van der Waals surface area contributed by atoms with Crippen LogP contribution in [-0.2, 0) is 10.8 Å². The maximum absolute atomic E-state index is 2.53. The van der Waals surface area contributed by atoms with Gasteiger partial charge in [-0.2, -0.15) is 0 Å². The monoisotopic (exact) mass is 935 g/mol. The van der Waals surface area contributed by atoms with E-state index in [1.165, 1.54) is 109 Å². The first-order chi connectivity index (χ1) is 35.5. The van der Waals surface area contributed by atoms with Gasteiger partial charge in [0, 0.05) is 37.0 Å². The lowest BCUT2D eigenvalue weighted by atomic mass is 9.67. The predicted molar refractivity (Wildman–Crippen MR) is 305 cm³/mol. The highest BCUT2D eigenvalue weighted by atomic mass is 32.1. The van der Waals surface area contributed by atoms with Gasteiger partial charge >= 0.3 is 0 Å². The number of hydrogen-bond donors (Lipinski definition) is 0. The number of thiophene rings is 1. The molecule has 1 heterocycles. The SMILES string of the molecule is CC1(C)c2ccccc2-c2cccc(-c3ccc(N(c4ccc5c(c4)C(c4ccccc4)(c4ccccc4)c4cccc(-c6ccccc6)c4-5)c4cccc5sc6ccc(-c7ccccc7)cc6c45)cc3)c21. The standard InChI is InChI=1S/C70H49NS/c1-69(2)60-32-16-15-28-56(60)57-31-17-30-55(68(57)69)48-36-39-52(40-37-48)71(63-34-19-35-65-67(63)59-44-49(38-43-64(59)72-65)46-20-7-3-8-21-46)53-41-42-58-62(45-53)70(50-24-11-5-12-25-50,51-26-13-6-14-27-51)61-33-18-29-54(66(58)61)47-22-9-4-10-23-47/h3-45H,1-2H3. The van der Waals surface area contributed by atoms with Crippen LogP contribution < -0.4 is 4.90 Å². The minimum atomic E-state index is -0.604. The molecule has 0 spiro atoms. The Morgan fingerprint density at radius 3 is 1.64 bits per heavy atom. The van der Waals surface area contributed by atoms with Crippen LogP contribution in [0.3, 0.4) is 0 Å². The zero-order chi connectivity index (χ0) is 48.0. The maximum Gasteiger partial charge on any atom is 0.0714 e. The Hall–Kier alpha value is -8.56. The van der Waals surface area contributed by atoms with E-state index in [9.17, 15) is 0 Å². The molecule has 0 fully saturated rings. The van der Waals surface area contributed by atoms with E-state index in [0.717, 1.165) is 17.1 Å². The van der Waals surface area contributed by atoms with Gasteiger partial charge in [0.25, 0.3) is 0 Å². The first-order valence-electron chi connectivity index (χ1n) is 25.1. The van der Waals surface area contributed by atoms with E-state index < -0.39 is 5.41 Å². The third-order valence-electron chi connectivity index (χ3n) is 15.7. The normalized spacial score (nSPS) is 13.6. The van der Waals surface area contributed by atoms with Crippen molar-refractivity contribution in [3.05, 3.63) is 294 Å². The van der Waals surface area contributed by atoms with Crippen molar-refractivity contribution in [3.63, 3.8) is 0 Å². The summed E-state index contributed by atoms with van der Waals surface area (Å²) in [6.45, 7) is 4.76. The van der Waals surface area contributed by atoms with Crippen LogP contribution in [0.2, 0.25) is 0 Å². The largest absolute Gasteiger partial charge is 0.310 e. The van der Waals surface area contributed by atoms with Gasteiger partial charge < -0.3 is 4.90 Å². The average Bonchev–Trinajstić information content (AvgIpc) is 4.06. The Kier molecular flexibility index (Phi) is 9.71. The average molecular weight is 936 g/mol. The molecule has 11 aromatic carbocycles. The molecule has 0 amide bonds. The van der Waals surface area contributed by atoms with Crippen molar-refractivity contribution >= 4 is 48.6 Å². The summed E-state index contributed by atoms with van der Waals surface area (Å²) in [6.07, 6.45) is 0. The van der Waals surface area contributed by atoms with Gasteiger partial charge in [-0.05, 0) is 138 Å². The van der Waals surface area contributed by atoms with Gasteiger partial charge in [0.2, 0.25) is 0 Å². The Morgan fingerprint density at radius 1 is 0.347 bits per heavy atom. The minimum absolute atomic E-state index is 0.131. The highest BCUT2D eigenvalue weighted by Crippen LogP contribution is 2.60. The van der Waals surface area contributed by atoms with E-state index in [1.54, 1.807) is 0 Å². The van der Waals surface area contributed by atoms with E-state index in [2.05, 4.69) is 280 Å². The molecule has 72 heavy (non-hydrogen) atoms. The van der Waals surface area contributed by atoms with Gasteiger partial charge in [-0.15, -0.1) is 11.3 Å². The summed E-state index contributed by atoms with van der Waals surface area (Å²) < 4.78 is 2.54. The zero-order valence-corrected chi connectivity index (χ0v) is 41.0. The van der Waals surface area contributed by atoms with E-state index in [4.69, 9.17) is 0 Å². The predicted octanol–water partition coefficient (Wildman–Crippen LogP) is 19.2. The summed E-state index contributed by atoms with van der Waals surface area (Å²) in [5.74, 6) is 0. The second kappa shape index (κ2) is 16.5. The quantitative estimate of drug-likeness (QED) is 0.147. The van der Waals surface area contributed by atoms with Crippen LogP contribution in [0.15, 0.2) is 261 Å². The van der Waals surface area contributed by atoms with Crippen molar-refractivity contribution < 1.29 is 0 Å². The molecule has 2 aliphatic carbocycles. The highest BCUT2D eigenvalue weighted by Gasteiger charge is 2.47. The Labute approximate surface area is 425 Å². The summed E-state index contributed by atoms with van der Waals surface area (Å²) >= 11 is 1.87. The van der Waals surface area contributed by atoms with Crippen molar-refractivity contribution in [2.24, 2.45) is 0 Å². The number of anilines is 3. The molecule has 0 N–H and O–H groups in total. The van der Waals surface area contributed by atoms with Gasteiger partial charge in [-0.25, -0.2) is 0 Å².